The molecule has 0 saturated heterocycles. The molecule has 3 heteroatoms. The minimum absolute atomic E-state index is 0.707. The molecule has 2 aromatic rings. The van der Waals surface area contributed by atoms with E-state index in [1.54, 1.807) is 5.01 Å². The molecule has 21 heavy (non-hydrogen) atoms. The normalized spacial score (nSPS) is 12.0. The van der Waals surface area contributed by atoms with E-state index in [-0.39, 0.29) is 0 Å². The smallest absolute Gasteiger partial charge is 0.0825 e. The van der Waals surface area contributed by atoms with Crippen LogP contribution in [0.5, 0.6) is 0 Å². The quantitative estimate of drug-likeness (QED) is 0.514. The predicted octanol–water partition coefficient (Wildman–Crippen LogP) is 3.15. The van der Waals surface area contributed by atoms with Crippen LogP contribution in [0.4, 0.5) is 0 Å². The Kier molecular flexibility index (Phi) is 4.66. The molecule has 0 aliphatic heterocycles. The van der Waals surface area contributed by atoms with E-state index in [1.165, 1.54) is 5.56 Å². The van der Waals surface area contributed by atoms with Gasteiger partial charge >= 0.3 is 0 Å². The number of hydrogen-bond acceptors (Lipinski definition) is 3. The second-order valence-corrected chi connectivity index (χ2v) is 5.20. The molecule has 0 atom stereocenters. The van der Waals surface area contributed by atoms with Crippen molar-refractivity contribution in [1.82, 2.24) is 5.01 Å². The fourth-order valence-electron chi connectivity index (χ4n) is 2.59. The Labute approximate surface area is 126 Å². The first-order valence-corrected chi connectivity index (χ1v) is 7.18. The van der Waals surface area contributed by atoms with Crippen LogP contribution < -0.4 is 11.6 Å². The van der Waals surface area contributed by atoms with Crippen LogP contribution in [0.3, 0.4) is 0 Å². The summed E-state index contributed by atoms with van der Waals surface area (Å²) in [5, 5.41) is 1.61. The molecule has 4 N–H and O–H groups in total. The summed E-state index contributed by atoms with van der Waals surface area (Å²) in [6.45, 7) is 4.19. The highest BCUT2D eigenvalue weighted by Crippen LogP contribution is 2.28. The molecule has 0 aromatic heterocycles. The van der Waals surface area contributed by atoms with Gasteiger partial charge in [-0.2, -0.15) is 0 Å². The first-order valence-electron chi connectivity index (χ1n) is 7.18. The largest absolute Gasteiger partial charge is 0.396 e. The van der Waals surface area contributed by atoms with Crippen molar-refractivity contribution >= 4 is 11.4 Å². The Balaban J connectivity index is 2.68. The molecule has 0 bridgehead atoms. The third kappa shape index (κ3) is 3.09. The Bertz CT molecular complexity index is 657. The molecule has 110 valence electrons. The summed E-state index contributed by atoms with van der Waals surface area (Å²) < 4.78 is 0. The molecule has 0 heterocycles. The van der Waals surface area contributed by atoms with Crippen LogP contribution >= 0.6 is 0 Å². The van der Waals surface area contributed by atoms with Crippen molar-refractivity contribution in [2.75, 3.05) is 7.05 Å². The maximum absolute atomic E-state index is 6.45. The number of hydrogen-bond donors (Lipinski definition) is 2. The number of hydrazine groups is 1. The van der Waals surface area contributed by atoms with Crippen LogP contribution in [0.2, 0.25) is 0 Å². The van der Waals surface area contributed by atoms with Crippen LogP contribution in [0, 0.1) is 6.92 Å². The van der Waals surface area contributed by atoms with Gasteiger partial charge in [0.1, 0.15) is 0 Å². The summed E-state index contributed by atoms with van der Waals surface area (Å²) in [5.41, 5.74) is 12.5. The lowest BCUT2D eigenvalue weighted by atomic mass is 9.97. The van der Waals surface area contributed by atoms with E-state index in [0.717, 1.165) is 28.8 Å². The zero-order valence-corrected chi connectivity index (χ0v) is 12.9. The second-order valence-electron chi connectivity index (χ2n) is 5.20. The van der Waals surface area contributed by atoms with Gasteiger partial charge in [-0.05, 0) is 24.5 Å². The Morgan fingerprint density at radius 2 is 1.57 bits per heavy atom. The Morgan fingerprint density at radius 3 is 2.14 bits per heavy atom. The molecule has 2 rings (SSSR count). The molecule has 0 fully saturated rings. The predicted molar refractivity (Wildman–Crippen MR) is 90.0 cm³/mol. The van der Waals surface area contributed by atoms with Gasteiger partial charge in [0, 0.05) is 18.2 Å². The molecular formula is C18H23N3. The molecule has 0 aliphatic rings. The zero-order chi connectivity index (χ0) is 15.4. The highest BCUT2D eigenvalue weighted by molar-refractivity contribution is 5.89. The lowest BCUT2D eigenvalue weighted by molar-refractivity contribution is 0.511. The monoisotopic (exact) mass is 281 g/mol. The van der Waals surface area contributed by atoms with Crippen molar-refractivity contribution in [2.45, 2.75) is 20.3 Å². The number of rotatable bonds is 4. The van der Waals surface area contributed by atoms with Crippen molar-refractivity contribution < 1.29 is 0 Å². The molecule has 0 aliphatic carbocycles. The van der Waals surface area contributed by atoms with Gasteiger partial charge in [-0.25, -0.2) is 5.84 Å². The van der Waals surface area contributed by atoms with E-state index in [2.05, 4.69) is 32.0 Å². The fourth-order valence-corrected chi connectivity index (χ4v) is 2.59. The summed E-state index contributed by atoms with van der Waals surface area (Å²) in [6, 6.07) is 16.3. The SMILES string of the molecule is CCc1ccccc1/C(=C(/N)c1ccccc1C)N(C)N. The maximum atomic E-state index is 6.45. The highest BCUT2D eigenvalue weighted by atomic mass is 15.4. The zero-order valence-electron chi connectivity index (χ0n) is 12.9. The fraction of sp³-hybridized carbons (Fsp3) is 0.222. The van der Waals surface area contributed by atoms with Crippen molar-refractivity contribution in [3.05, 3.63) is 70.8 Å². The van der Waals surface area contributed by atoms with Crippen LogP contribution in [0.1, 0.15) is 29.2 Å². The highest BCUT2D eigenvalue weighted by Gasteiger charge is 2.15. The van der Waals surface area contributed by atoms with Crippen molar-refractivity contribution in [1.29, 1.82) is 0 Å². The minimum Gasteiger partial charge on any atom is -0.396 e. The summed E-state index contributed by atoms with van der Waals surface area (Å²) in [5.74, 6) is 6.08. The van der Waals surface area contributed by atoms with E-state index in [0.29, 0.717) is 5.70 Å². The number of benzene rings is 2. The Hall–Kier alpha value is -2.26. The molecule has 0 saturated carbocycles. The van der Waals surface area contributed by atoms with Crippen molar-refractivity contribution in [3.8, 4) is 0 Å². The lowest BCUT2D eigenvalue weighted by Gasteiger charge is -2.23. The first-order chi connectivity index (χ1) is 10.1. The van der Waals surface area contributed by atoms with Crippen LogP contribution in [0.25, 0.3) is 11.4 Å². The average Bonchev–Trinajstić information content (AvgIpc) is 2.48. The molecule has 0 unspecified atom stereocenters. The summed E-state index contributed by atoms with van der Waals surface area (Å²) >= 11 is 0. The lowest BCUT2D eigenvalue weighted by Crippen LogP contribution is -2.27. The molecule has 2 aromatic carbocycles. The van der Waals surface area contributed by atoms with Gasteiger partial charge in [0.15, 0.2) is 0 Å². The molecule has 0 amide bonds. The summed E-state index contributed by atoms with van der Waals surface area (Å²) in [4.78, 5) is 0. The average molecular weight is 281 g/mol. The molecule has 0 spiro atoms. The third-order valence-electron chi connectivity index (χ3n) is 3.70. The van der Waals surface area contributed by atoms with E-state index >= 15 is 0 Å². The second kappa shape index (κ2) is 6.46. The minimum atomic E-state index is 0.707. The maximum Gasteiger partial charge on any atom is 0.0825 e. The molecule has 3 nitrogen and oxygen atoms in total. The van der Waals surface area contributed by atoms with Crippen LogP contribution in [-0.4, -0.2) is 12.1 Å². The topological polar surface area (TPSA) is 55.3 Å². The van der Waals surface area contributed by atoms with Crippen molar-refractivity contribution in [3.63, 3.8) is 0 Å². The number of nitrogens with two attached hydrogens (primary N) is 2. The number of aryl methyl sites for hydroxylation is 2. The standard InChI is InChI=1S/C18H23N3/c1-4-14-10-6-8-12-16(14)18(21(3)20)17(19)15-11-7-5-9-13(15)2/h5-12H,4,19-20H2,1-3H3/b18-17-. The van der Waals surface area contributed by atoms with Gasteiger partial charge in [0.05, 0.1) is 11.4 Å². The number of nitrogens with zero attached hydrogens (tertiary/aromatic N) is 1. The van der Waals surface area contributed by atoms with E-state index in [9.17, 15) is 0 Å². The van der Waals surface area contributed by atoms with Crippen LogP contribution in [0.15, 0.2) is 48.5 Å². The van der Waals surface area contributed by atoms with Gasteiger partial charge in [-0.1, -0.05) is 55.5 Å². The molecular weight excluding hydrogens is 258 g/mol. The van der Waals surface area contributed by atoms with Gasteiger partial charge in [0.2, 0.25) is 0 Å². The van der Waals surface area contributed by atoms with E-state index in [1.807, 2.05) is 37.4 Å². The third-order valence-corrected chi connectivity index (χ3v) is 3.70. The van der Waals surface area contributed by atoms with E-state index in [4.69, 9.17) is 11.6 Å². The van der Waals surface area contributed by atoms with Crippen molar-refractivity contribution in [2.24, 2.45) is 11.6 Å². The van der Waals surface area contributed by atoms with Gasteiger partial charge in [-0.3, -0.25) is 0 Å². The Morgan fingerprint density at radius 1 is 1.00 bits per heavy atom. The molecule has 0 radical (unpaired) electrons. The van der Waals surface area contributed by atoms with E-state index < -0.39 is 0 Å². The summed E-state index contributed by atoms with van der Waals surface area (Å²) in [7, 11) is 1.83. The van der Waals surface area contributed by atoms with Gasteiger partial charge < -0.3 is 10.7 Å². The van der Waals surface area contributed by atoms with Gasteiger partial charge in [-0.15, -0.1) is 0 Å². The first kappa shape index (κ1) is 15.1. The van der Waals surface area contributed by atoms with Crippen LogP contribution in [-0.2, 0) is 6.42 Å². The summed E-state index contributed by atoms with van der Waals surface area (Å²) in [6.07, 6.45) is 0.939. The van der Waals surface area contributed by atoms with Gasteiger partial charge in [0.25, 0.3) is 0 Å².